The van der Waals surface area contributed by atoms with E-state index < -0.39 is 11.8 Å². The molecule has 2 aromatic carbocycles. The molecule has 8 nitrogen and oxygen atoms in total. The average molecular weight is 449 g/mol. The summed E-state index contributed by atoms with van der Waals surface area (Å²) in [7, 11) is 0. The molecule has 0 bridgehead atoms. The third-order valence-electron chi connectivity index (χ3n) is 4.19. The predicted molar refractivity (Wildman–Crippen MR) is 130 cm³/mol. The van der Waals surface area contributed by atoms with E-state index in [0.717, 1.165) is 11.1 Å². The first-order valence-corrected chi connectivity index (χ1v) is 10.3. The summed E-state index contributed by atoms with van der Waals surface area (Å²) in [5, 5.41) is 7.70. The van der Waals surface area contributed by atoms with E-state index >= 15 is 0 Å². The van der Waals surface area contributed by atoms with Crippen LogP contribution in [0.25, 0.3) is 0 Å². The molecular formula is C25H28N4O4. The highest BCUT2D eigenvalue weighted by Gasteiger charge is 2.06. The summed E-state index contributed by atoms with van der Waals surface area (Å²) >= 11 is 0. The van der Waals surface area contributed by atoms with E-state index in [1.807, 2.05) is 36.4 Å². The molecule has 33 heavy (non-hydrogen) atoms. The van der Waals surface area contributed by atoms with Crippen LogP contribution < -0.4 is 20.3 Å². The van der Waals surface area contributed by atoms with Gasteiger partial charge in [-0.1, -0.05) is 48.6 Å². The molecule has 2 rings (SSSR count). The number of allylic oxidation sites excluding steroid dienone is 2. The Bertz CT molecular complexity index is 1030. The lowest BCUT2D eigenvalue weighted by Crippen LogP contribution is -2.27. The minimum Gasteiger partial charge on any atom is -0.483 e. The molecule has 2 aromatic rings. The van der Waals surface area contributed by atoms with Gasteiger partial charge in [-0.05, 0) is 43.0 Å². The Morgan fingerprint density at radius 3 is 1.85 bits per heavy atom. The van der Waals surface area contributed by atoms with Crippen molar-refractivity contribution in [3.8, 4) is 11.5 Å². The fraction of sp³-hybridized carbons (Fsp3) is 0.200. The summed E-state index contributed by atoms with van der Waals surface area (Å²) in [6.07, 6.45) is 6.13. The van der Waals surface area contributed by atoms with E-state index in [4.69, 9.17) is 9.47 Å². The number of hydrazone groups is 2. The van der Waals surface area contributed by atoms with Crippen LogP contribution in [0.15, 0.2) is 84.0 Å². The first-order valence-electron chi connectivity index (χ1n) is 10.3. The van der Waals surface area contributed by atoms with Gasteiger partial charge in [0.2, 0.25) is 0 Å². The van der Waals surface area contributed by atoms with Crippen LogP contribution in [0.3, 0.4) is 0 Å². The van der Waals surface area contributed by atoms with Gasteiger partial charge in [0.15, 0.2) is 13.2 Å². The minimum atomic E-state index is -0.428. The maximum absolute atomic E-state index is 12.0. The third-order valence-corrected chi connectivity index (χ3v) is 4.19. The van der Waals surface area contributed by atoms with Crippen LogP contribution in [0.4, 0.5) is 0 Å². The maximum atomic E-state index is 12.0. The summed E-state index contributed by atoms with van der Waals surface area (Å²) in [5.74, 6) is 0.382. The fourth-order valence-electron chi connectivity index (χ4n) is 2.67. The highest BCUT2D eigenvalue weighted by molar-refractivity contribution is 6.29. The number of benzene rings is 2. The van der Waals surface area contributed by atoms with Crippen molar-refractivity contribution in [2.24, 2.45) is 10.2 Å². The number of carbonyl (C=O) groups is 2. The standard InChI is InChI=1S/C25H28N4O4/c1-4-10-20-12-6-8-14-22(20)32-17-24(30)28-26-16-19(3)27-29-25(31)18-33-23-15-9-7-13-21(23)11-5-2/h4-9,12-16H,1-2,10-11,17-18H2,3H3,(H,28,30)(H,29,31)/b26-16+,27-19+. The van der Waals surface area contributed by atoms with Gasteiger partial charge in [-0.2, -0.15) is 10.2 Å². The van der Waals surface area contributed by atoms with Crippen LogP contribution in [-0.2, 0) is 22.4 Å². The van der Waals surface area contributed by atoms with E-state index in [0.29, 0.717) is 30.1 Å². The van der Waals surface area contributed by atoms with Gasteiger partial charge in [0.25, 0.3) is 11.8 Å². The summed E-state index contributed by atoms with van der Waals surface area (Å²) in [5.41, 5.74) is 6.98. The van der Waals surface area contributed by atoms with Crippen LogP contribution in [-0.4, -0.2) is 37.0 Å². The van der Waals surface area contributed by atoms with Crippen molar-refractivity contribution in [2.75, 3.05) is 13.2 Å². The zero-order valence-electron chi connectivity index (χ0n) is 18.6. The molecule has 0 fully saturated rings. The molecule has 0 aliphatic rings. The number of hydrogen-bond donors (Lipinski definition) is 2. The molecule has 0 saturated heterocycles. The monoisotopic (exact) mass is 448 g/mol. The number of ether oxygens (including phenoxy) is 2. The van der Waals surface area contributed by atoms with Crippen molar-refractivity contribution in [3.63, 3.8) is 0 Å². The SMILES string of the molecule is C=CCc1ccccc1OCC(=O)N/N=C/C(C)=N/NC(=O)COc1ccccc1CC=C. The Morgan fingerprint density at radius 2 is 1.33 bits per heavy atom. The molecule has 8 heteroatoms. The fourth-order valence-corrected chi connectivity index (χ4v) is 2.67. The normalized spacial score (nSPS) is 11.0. The largest absolute Gasteiger partial charge is 0.483 e. The van der Waals surface area contributed by atoms with E-state index in [9.17, 15) is 9.59 Å². The topological polar surface area (TPSA) is 101 Å². The summed E-state index contributed by atoms with van der Waals surface area (Å²) < 4.78 is 11.1. The van der Waals surface area contributed by atoms with Crippen molar-refractivity contribution in [1.29, 1.82) is 0 Å². The molecule has 2 amide bonds. The van der Waals surface area contributed by atoms with Gasteiger partial charge in [0.05, 0.1) is 11.9 Å². The quantitative estimate of drug-likeness (QED) is 0.279. The third kappa shape index (κ3) is 9.22. The van der Waals surface area contributed by atoms with E-state index in [1.54, 1.807) is 31.2 Å². The minimum absolute atomic E-state index is 0.191. The second-order valence-electron chi connectivity index (χ2n) is 6.86. The molecule has 2 N–H and O–H groups in total. The smallest absolute Gasteiger partial charge is 0.277 e. The molecule has 0 saturated carbocycles. The second kappa shape index (κ2) is 14.0. The first kappa shape index (κ1) is 25.1. The molecule has 0 heterocycles. The lowest BCUT2D eigenvalue weighted by atomic mass is 10.1. The number of amides is 2. The molecular weight excluding hydrogens is 420 g/mol. The lowest BCUT2D eigenvalue weighted by Gasteiger charge is -2.09. The second-order valence-corrected chi connectivity index (χ2v) is 6.86. The van der Waals surface area contributed by atoms with Gasteiger partial charge in [0.1, 0.15) is 11.5 Å². The average Bonchev–Trinajstić information content (AvgIpc) is 2.82. The molecule has 172 valence electrons. The van der Waals surface area contributed by atoms with Gasteiger partial charge < -0.3 is 9.47 Å². The molecule has 0 radical (unpaired) electrons. The summed E-state index contributed by atoms with van der Waals surface area (Å²) in [6, 6.07) is 14.8. The Kier molecular flexibility index (Phi) is 10.6. The van der Waals surface area contributed by atoms with Crippen molar-refractivity contribution in [3.05, 3.63) is 85.0 Å². The first-order chi connectivity index (χ1) is 16.0. The van der Waals surface area contributed by atoms with E-state index in [1.165, 1.54) is 6.21 Å². The molecule has 0 aliphatic heterocycles. The van der Waals surface area contributed by atoms with Crippen molar-refractivity contribution < 1.29 is 19.1 Å². The van der Waals surface area contributed by atoms with Gasteiger partial charge in [-0.25, -0.2) is 10.9 Å². The Morgan fingerprint density at radius 1 is 0.848 bits per heavy atom. The highest BCUT2D eigenvalue weighted by atomic mass is 16.5. The van der Waals surface area contributed by atoms with Gasteiger partial charge in [-0.3, -0.25) is 9.59 Å². The van der Waals surface area contributed by atoms with Crippen LogP contribution in [0.2, 0.25) is 0 Å². The van der Waals surface area contributed by atoms with Crippen LogP contribution in [0.5, 0.6) is 11.5 Å². The number of hydrogen-bond acceptors (Lipinski definition) is 6. The van der Waals surface area contributed by atoms with Crippen molar-refractivity contribution >= 4 is 23.7 Å². The van der Waals surface area contributed by atoms with Crippen LogP contribution in [0.1, 0.15) is 18.1 Å². The molecule has 0 aliphatic carbocycles. The number of carbonyl (C=O) groups excluding carboxylic acids is 2. The molecule has 0 unspecified atom stereocenters. The number of nitrogens with one attached hydrogen (secondary N) is 2. The number of nitrogens with zero attached hydrogens (tertiary/aromatic N) is 2. The highest BCUT2D eigenvalue weighted by Crippen LogP contribution is 2.19. The molecule has 0 aromatic heterocycles. The number of rotatable bonds is 13. The van der Waals surface area contributed by atoms with Crippen LogP contribution >= 0.6 is 0 Å². The molecule has 0 atom stereocenters. The van der Waals surface area contributed by atoms with Crippen LogP contribution in [0, 0.1) is 0 Å². The van der Waals surface area contributed by atoms with Crippen molar-refractivity contribution in [1.82, 2.24) is 10.9 Å². The van der Waals surface area contributed by atoms with Gasteiger partial charge >= 0.3 is 0 Å². The van der Waals surface area contributed by atoms with Gasteiger partial charge in [0, 0.05) is 0 Å². The zero-order chi connectivity index (χ0) is 23.9. The van der Waals surface area contributed by atoms with E-state index in [2.05, 4.69) is 34.2 Å². The number of para-hydroxylation sites is 2. The Hall–Kier alpha value is -4.20. The maximum Gasteiger partial charge on any atom is 0.277 e. The summed E-state index contributed by atoms with van der Waals surface area (Å²) in [4.78, 5) is 23.9. The summed E-state index contributed by atoms with van der Waals surface area (Å²) in [6.45, 7) is 8.66. The lowest BCUT2D eigenvalue weighted by molar-refractivity contribution is -0.123. The van der Waals surface area contributed by atoms with Crippen molar-refractivity contribution in [2.45, 2.75) is 19.8 Å². The zero-order valence-corrected chi connectivity index (χ0v) is 18.6. The molecule has 0 spiro atoms. The Labute approximate surface area is 193 Å². The van der Waals surface area contributed by atoms with E-state index in [-0.39, 0.29) is 13.2 Å². The predicted octanol–water partition coefficient (Wildman–Crippen LogP) is 3.20. The van der Waals surface area contributed by atoms with Gasteiger partial charge in [-0.15, -0.1) is 13.2 Å². The Balaban J connectivity index is 1.74.